The lowest BCUT2D eigenvalue weighted by atomic mass is 9.89. The van der Waals surface area contributed by atoms with Crippen molar-refractivity contribution in [1.82, 2.24) is 19.5 Å². The van der Waals surface area contributed by atoms with Crippen LogP contribution in [0.1, 0.15) is 46.3 Å². The van der Waals surface area contributed by atoms with Gasteiger partial charge in [-0.2, -0.15) is 18.2 Å². The summed E-state index contributed by atoms with van der Waals surface area (Å²) < 4.78 is 71.5. The van der Waals surface area contributed by atoms with Crippen LogP contribution in [0, 0.1) is 5.82 Å². The van der Waals surface area contributed by atoms with Gasteiger partial charge in [0.15, 0.2) is 5.82 Å². The lowest BCUT2D eigenvalue weighted by molar-refractivity contribution is -0.137. The van der Waals surface area contributed by atoms with Gasteiger partial charge in [0.1, 0.15) is 23.8 Å². The molecule has 1 N–H and O–H groups in total. The van der Waals surface area contributed by atoms with Gasteiger partial charge < -0.3 is 9.47 Å². The Kier molecular flexibility index (Phi) is 5.97. The summed E-state index contributed by atoms with van der Waals surface area (Å²) in [5.41, 5.74) is 4.09. The highest BCUT2D eigenvalue weighted by atomic mass is 19.4. The molecule has 5 aromatic rings. The zero-order valence-corrected chi connectivity index (χ0v) is 21.1. The number of H-pyrrole nitrogens is 1. The molecule has 2 aromatic carbocycles. The summed E-state index contributed by atoms with van der Waals surface area (Å²) in [5, 5.41) is 3.81. The molecule has 4 heterocycles. The molecule has 0 amide bonds. The number of halogens is 4. The van der Waals surface area contributed by atoms with Gasteiger partial charge in [0, 0.05) is 29.8 Å². The van der Waals surface area contributed by atoms with E-state index in [1.54, 1.807) is 17.4 Å². The standard InChI is InChI=1S/C28H20F4N4O4/c1-14(25-34-27(37)40-35-25)24-19-5-3-15(9-16(19)13-39-22-12-18(29)4-6-20(22)24)10-21-26(38-2)33-23-11-17(28(30,31)32)7-8-36(21)23/h3-9,11-12H,10,13H2,1-2H3,(H,34,35,37)/b24-14-. The fourth-order valence-corrected chi connectivity index (χ4v) is 4.92. The maximum Gasteiger partial charge on any atom is 0.439 e. The molecular formula is C28H20F4N4O4. The topological polar surface area (TPSA) is 94.7 Å². The van der Waals surface area contributed by atoms with Gasteiger partial charge in [-0.25, -0.2) is 9.18 Å². The summed E-state index contributed by atoms with van der Waals surface area (Å²) >= 11 is 0. The van der Waals surface area contributed by atoms with Gasteiger partial charge in [0.05, 0.1) is 18.4 Å². The lowest BCUT2D eigenvalue weighted by Crippen LogP contribution is -2.06. The van der Waals surface area contributed by atoms with Crippen molar-refractivity contribution in [2.45, 2.75) is 26.1 Å². The molecule has 1 aliphatic rings. The molecule has 40 heavy (non-hydrogen) atoms. The number of pyridine rings is 1. The molecule has 0 atom stereocenters. The molecule has 6 rings (SSSR count). The van der Waals surface area contributed by atoms with Crippen LogP contribution in [-0.2, 0) is 19.2 Å². The first kappa shape index (κ1) is 25.4. The first-order chi connectivity index (χ1) is 19.1. The van der Waals surface area contributed by atoms with E-state index in [1.165, 1.54) is 25.4 Å². The molecule has 3 aromatic heterocycles. The quantitative estimate of drug-likeness (QED) is 0.290. The van der Waals surface area contributed by atoms with E-state index in [0.717, 1.165) is 28.8 Å². The van der Waals surface area contributed by atoms with E-state index in [2.05, 4.69) is 15.1 Å². The van der Waals surface area contributed by atoms with Crippen molar-refractivity contribution in [3.8, 4) is 11.6 Å². The normalized spacial score (nSPS) is 14.3. The smallest absolute Gasteiger partial charge is 0.439 e. The zero-order chi connectivity index (χ0) is 28.2. The second kappa shape index (κ2) is 9.40. The average molecular weight is 552 g/mol. The summed E-state index contributed by atoms with van der Waals surface area (Å²) in [6, 6.07) is 11.8. The van der Waals surface area contributed by atoms with E-state index >= 15 is 0 Å². The van der Waals surface area contributed by atoms with Crippen molar-refractivity contribution in [2.24, 2.45) is 0 Å². The van der Waals surface area contributed by atoms with Gasteiger partial charge in [0.2, 0.25) is 5.88 Å². The zero-order valence-electron chi connectivity index (χ0n) is 21.1. The number of rotatable bonds is 4. The Morgan fingerprint density at radius 3 is 2.65 bits per heavy atom. The first-order valence-electron chi connectivity index (χ1n) is 12.1. The second-order valence-electron chi connectivity index (χ2n) is 9.25. The number of nitrogens with zero attached hydrogens (tertiary/aromatic N) is 3. The van der Waals surface area contributed by atoms with Crippen LogP contribution in [-0.4, -0.2) is 26.6 Å². The molecule has 0 fully saturated rings. The largest absolute Gasteiger partial charge is 0.488 e. The third-order valence-corrected chi connectivity index (χ3v) is 6.79. The van der Waals surface area contributed by atoms with E-state index in [9.17, 15) is 22.4 Å². The molecule has 0 bridgehead atoms. The van der Waals surface area contributed by atoms with Crippen LogP contribution in [0.15, 0.2) is 64.0 Å². The molecular weight excluding hydrogens is 532 g/mol. The molecule has 0 spiro atoms. The molecule has 204 valence electrons. The number of ether oxygens (including phenoxy) is 2. The number of aromatic nitrogens is 4. The van der Waals surface area contributed by atoms with Crippen molar-refractivity contribution < 1.29 is 31.6 Å². The third-order valence-electron chi connectivity index (χ3n) is 6.79. The van der Waals surface area contributed by atoms with E-state index in [-0.39, 0.29) is 24.0 Å². The van der Waals surface area contributed by atoms with Crippen molar-refractivity contribution >= 4 is 16.8 Å². The van der Waals surface area contributed by atoms with E-state index in [0.29, 0.717) is 34.6 Å². The Morgan fingerprint density at radius 1 is 1.12 bits per heavy atom. The predicted octanol–water partition coefficient (Wildman–Crippen LogP) is 5.64. The SMILES string of the molecule is COc1nc2cc(C(F)(F)F)ccn2c1Cc1ccc2c(c1)COc1cc(F)ccc1/C2=C(/C)c1noc(=O)[nH]1. The Hall–Kier alpha value is -4.87. The Morgan fingerprint density at radius 2 is 1.93 bits per heavy atom. The number of alkyl halides is 3. The summed E-state index contributed by atoms with van der Waals surface area (Å²) in [5.74, 6) is -0.424. The monoisotopic (exact) mass is 552 g/mol. The highest BCUT2D eigenvalue weighted by molar-refractivity contribution is 5.99. The highest BCUT2D eigenvalue weighted by Gasteiger charge is 2.31. The minimum atomic E-state index is -4.50. The summed E-state index contributed by atoms with van der Waals surface area (Å²) in [6.07, 6.45) is -2.89. The number of allylic oxidation sites excluding steroid dienone is 1. The lowest BCUT2D eigenvalue weighted by Gasteiger charge is -2.14. The number of benzene rings is 2. The van der Waals surface area contributed by atoms with Gasteiger partial charge in [0.25, 0.3) is 0 Å². The van der Waals surface area contributed by atoms with Crippen LogP contribution in [0.4, 0.5) is 17.6 Å². The van der Waals surface area contributed by atoms with Crippen molar-refractivity contribution in [3.63, 3.8) is 0 Å². The number of hydrogen-bond donors (Lipinski definition) is 1. The Bertz CT molecular complexity index is 1870. The molecule has 0 saturated heterocycles. The maximum absolute atomic E-state index is 14.1. The van der Waals surface area contributed by atoms with Crippen molar-refractivity contribution in [1.29, 1.82) is 0 Å². The van der Waals surface area contributed by atoms with Crippen molar-refractivity contribution in [2.75, 3.05) is 7.11 Å². The fourth-order valence-electron chi connectivity index (χ4n) is 4.92. The molecule has 0 aliphatic carbocycles. The molecule has 1 aliphatic heterocycles. The molecule has 0 unspecified atom stereocenters. The second-order valence-corrected chi connectivity index (χ2v) is 9.25. The number of methoxy groups -OCH3 is 1. The van der Waals surface area contributed by atoms with Crippen LogP contribution >= 0.6 is 0 Å². The average Bonchev–Trinajstić information content (AvgIpc) is 3.47. The van der Waals surface area contributed by atoms with Crippen LogP contribution < -0.4 is 15.2 Å². The van der Waals surface area contributed by atoms with Crippen LogP contribution in [0.25, 0.3) is 16.8 Å². The van der Waals surface area contributed by atoms with Crippen LogP contribution in [0.5, 0.6) is 11.6 Å². The van der Waals surface area contributed by atoms with Gasteiger partial charge in [-0.15, -0.1) is 0 Å². The van der Waals surface area contributed by atoms with Crippen LogP contribution in [0.3, 0.4) is 0 Å². The van der Waals surface area contributed by atoms with E-state index < -0.39 is 23.3 Å². The number of imidazole rings is 1. The summed E-state index contributed by atoms with van der Waals surface area (Å²) in [4.78, 5) is 18.4. The Labute approximate surface area is 223 Å². The van der Waals surface area contributed by atoms with E-state index in [1.807, 2.05) is 18.2 Å². The molecule has 0 radical (unpaired) electrons. The highest BCUT2D eigenvalue weighted by Crippen LogP contribution is 2.41. The van der Waals surface area contributed by atoms with Gasteiger partial charge in [-0.1, -0.05) is 23.4 Å². The molecule has 0 saturated carbocycles. The number of hydrogen-bond acceptors (Lipinski definition) is 6. The van der Waals surface area contributed by atoms with Gasteiger partial charge >= 0.3 is 11.9 Å². The van der Waals surface area contributed by atoms with Crippen LogP contribution in [0.2, 0.25) is 0 Å². The summed E-state index contributed by atoms with van der Waals surface area (Å²) in [6.45, 7) is 1.88. The Balaban J connectivity index is 1.45. The summed E-state index contributed by atoms with van der Waals surface area (Å²) in [7, 11) is 1.41. The fraction of sp³-hybridized carbons (Fsp3) is 0.179. The molecule has 12 heteroatoms. The minimum Gasteiger partial charge on any atom is -0.488 e. The first-order valence-corrected chi connectivity index (χ1v) is 12.1. The number of fused-ring (bicyclic) bond motifs is 3. The molecule has 8 nitrogen and oxygen atoms in total. The predicted molar refractivity (Wildman–Crippen MR) is 135 cm³/mol. The van der Waals surface area contributed by atoms with Gasteiger partial charge in [-0.3, -0.25) is 13.9 Å². The maximum atomic E-state index is 14.1. The van der Waals surface area contributed by atoms with E-state index in [4.69, 9.17) is 14.0 Å². The minimum absolute atomic E-state index is 0.111. The van der Waals surface area contributed by atoms with Crippen molar-refractivity contribution in [3.05, 3.63) is 110 Å². The third kappa shape index (κ3) is 4.40. The number of aromatic amines is 1. The number of nitrogens with one attached hydrogen (secondary N) is 1. The van der Waals surface area contributed by atoms with Gasteiger partial charge in [-0.05, 0) is 53.5 Å².